The summed E-state index contributed by atoms with van der Waals surface area (Å²) in [7, 11) is 0. The molecule has 1 aliphatic rings. The van der Waals surface area contributed by atoms with Gasteiger partial charge >= 0.3 is 0 Å². The molecule has 2 aromatic heterocycles. The van der Waals surface area contributed by atoms with Crippen molar-refractivity contribution in [3.63, 3.8) is 0 Å². The van der Waals surface area contributed by atoms with Crippen LogP contribution in [0, 0.1) is 10.7 Å². The van der Waals surface area contributed by atoms with Crippen LogP contribution in [0.2, 0.25) is 0 Å². The van der Waals surface area contributed by atoms with Crippen molar-refractivity contribution in [3.8, 4) is 22.8 Å². The van der Waals surface area contributed by atoms with Crippen LogP contribution in [0.1, 0.15) is 11.1 Å². The van der Waals surface area contributed by atoms with E-state index in [0.29, 0.717) is 27.8 Å². The van der Waals surface area contributed by atoms with Gasteiger partial charge in [-0.2, -0.15) is 11.3 Å². The quantitative estimate of drug-likeness (QED) is 0.449. The summed E-state index contributed by atoms with van der Waals surface area (Å²) in [6.45, 7) is 0.445. The molecular formula is C21H15FN2O4S. The molecule has 2 aromatic carbocycles. The molecule has 0 spiro atoms. The molecule has 4 aromatic rings. The number of nitrogens with zero attached hydrogens (tertiary/aromatic N) is 2. The highest BCUT2D eigenvalue weighted by Gasteiger charge is 2.24. The van der Waals surface area contributed by atoms with Crippen LogP contribution in [0.3, 0.4) is 0 Å². The van der Waals surface area contributed by atoms with Crippen molar-refractivity contribution in [2.45, 2.75) is 13.2 Å². The second-order valence-electron chi connectivity index (χ2n) is 6.73. The number of halogens is 1. The summed E-state index contributed by atoms with van der Waals surface area (Å²) in [5, 5.41) is 18.3. The van der Waals surface area contributed by atoms with Crippen molar-refractivity contribution in [1.29, 1.82) is 0 Å². The smallest absolute Gasteiger partial charge is 0.222 e. The maximum absolute atomic E-state index is 14.1. The minimum absolute atomic E-state index is 0.0312. The van der Waals surface area contributed by atoms with Crippen molar-refractivity contribution in [2.24, 2.45) is 5.18 Å². The molecule has 8 heteroatoms. The average Bonchev–Trinajstić information content (AvgIpc) is 3.35. The zero-order valence-electron chi connectivity index (χ0n) is 15.1. The van der Waals surface area contributed by atoms with Crippen LogP contribution in [0.15, 0.2) is 52.3 Å². The first-order valence-electron chi connectivity index (χ1n) is 8.89. The van der Waals surface area contributed by atoms with E-state index < -0.39 is 5.82 Å². The van der Waals surface area contributed by atoms with Crippen LogP contribution in [0.4, 0.5) is 10.1 Å². The maximum atomic E-state index is 14.1. The molecule has 1 aliphatic heterocycles. The summed E-state index contributed by atoms with van der Waals surface area (Å²) in [4.78, 5) is 11.6. The third-order valence-corrected chi connectivity index (χ3v) is 5.72. The number of hydrogen-bond acceptors (Lipinski definition) is 6. The minimum Gasteiger partial charge on any atom is -0.493 e. The second-order valence-corrected chi connectivity index (χ2v) is 7.51. The summed E-state index contributed by atoms with van der Waals surface area (Å²) >= 11 is 1.54. The topological polar surface area (TPSA) is 73.0 Å². The van der Waals surface area contributed by atoms with Gasteiger partial charge < -0.3 is 19.1 Å². The van der Waals surface area contributed by atoms with Gasteiger partial charge in [-0.15, -0.1) is 4.91 Å². The summed E-state index contributed by atoms with van der Waals surface area (Å²) < 4.78 is 26.5. The predicted octanol–water partition coefficient (Wildman–Crippen LogP) is 5.53. The highest BCUT2D eigenvalue weighted by Crippen LogP contribution is 2.45. The average molecular weight is 410 g/mol. The number of ether oxygens (including phenoxy) is 2. The van der Waals surface area contributed by atoms with E-state index in [-0.39, 0.29) is 31.5 Å². The first-order chi connectivity index (χ1) is 14.2. The Morgan fingerprint density at radius 2 is 2.17 bits per heavy atom. The van der Waals surface area contributed by atoms with Crippen LogP contribution < -0.4 is 4.74 Å². The lowest BCUT2D eigenvalue weighted by molar-refractivity contribution is -0.0173. The van der Waals surface area contributed by atoms with Gasteiger partial charge in [0.05, 0.1) is 18.7 Å². The van der Waals surface area contributed by atoms with E-state index in [1.807, 2.05) is 29.0 Å². The highest BCUT2D eigenvalue weighted by molar-refractivity contribution is 7.08. The fraction of sp³-hybridized carbons (Fsp3) is 0.143. The summed E-state index contributed by atoms with van der Waals surface area (Å²) in [5.41, 5.74) is 3.50. The van der Waals surface area contributed by atoms with Gasteiger partial charge in [0.25, 0.3) is 0 Å². The molecule has 3 heterocycles. The molecule has 1 N–H and O–H groups in total. The first-order valence-corrected chi connectivity index (χ1v) is 9.83. The number of nitroso groups, excluding NO2 is 1. The Hall–Kier alpha value is -3.23. The molecule has 0 unspecified atom stereocenters. The molecule has 5 rings (SSSR count). The van der Waals surface area contributed by atoms with Gasteiger partial charge in [-0.3, -0.25) is 0 Å². The Bertz CT molecular complexity index is 1230. The van der Waals surface area contributed by atoms with Crippen LogP contribution in [-0.2, 0) is 17.9 Å². The van der Waals surface area contributed by atoms with Gasteiger partial charge in [-0.25, -0.2) is 4.39 Å². The standard InChI is InChI=1S/C21H15FN2O4S/c22-15-6-13(20-14(7-15)9-27-11-28-20)8-24-17-3-1-2-16(12-4-5-29-10-12)18(17)19(23-26)21(24)25/h1-7,10,25H,8-9,11H2. The lowest BCUT2D eigenvalue weighted by Gasteiger charge is -2.21. The van der Waals surface area contributed by atoms with Gasteiger partial charge in [0.2, 0.25) is 5.88 Å². The van der Waals surface area contributed by atoms with E-state index in [1.54, 1.807) is 10.6 Å². The monoisotopic (exact) mass is 410 g/mol. The van der Waals surface area contributed by atoms with Crippen LogP contribution in [0.25, 0.3) is 22.0 Å². The van der Waals surface area contributed by atoms with Crippen LogP contribution in [0.5, 0.6) is 11.6 Å². The zero-order valence-corrected chi connectivity index (χ0v) is 15.9. The molecule has 0 bridgehead atoms. The Morgan fingerprint density at radius 3 is 2.97 bits per heavy atom. The fourth-order valence-corrected chi connectivity index (χ4v) is 4.47. The van der Waals surface area contributed by atoms with Crippen molar-refractivity contribution in [3.05, 3.63) is 69.0 Å². The number of aromatic hydroxyl groups is 1. The van der Waals surface area contributed by atoms with E-state index >= 15 is 0 Å². The lowest BCUT2D eigenvalue weighted by Crippen LogP contribution is -2.14. The Kier molecular flexibility index (Phi) is 4.30. The molecule has 0 atom stereocenters. The predicted molar refractivity (Wildman–Crippen MR) is 108 cm³/mol. The third kappa shape index (κ3) is 2.88. The van der Waals surface area contributed by atoms with Gasteiger partial charge in [-0.1, -0.05) is 12.1 Å². The first kappa shape index (κ1) is 17.8. The van der Waals surface area contributed by atoms with Crippen molar-refractivity contribution >= 4 is 27.9 Å². The van der Waals surface area contributed by atoms with E-state index in [9.17, 15) is 14.4 Å². The van der Waals surface area contributed by atoms with Crippen molar-refractivity contribution < 1.29 is 19.0 Å². The van der Waals surface area contributed by atoms with Gasteiger partial charge in [0.1, 0.15) is 11.6 Å². The van der Waals surface area contributed by atoms with E-state index in [1.165, 1.54) is 23.5 Å². The second kappa shape index (κ2) is 6.98. The van der Waals surface area contributed by atoms with Crippen LogP contribution in [-0.4, -0.2) is 16.5 Å². The molecule has 146 valence electrons. The van der Waals surface area contributed by atoms with Crippen molar-refractivity contribution in [1.82, 2.24) is 4.57 Å². The number of thiophene rings is 1. The number of hydrogen-bond donors (Lipinski definition) is 1. The summed E-state index contributed by atoms with van der Waals surface area (Å²) in [5.74, 6) is -0.146. The molecule has 0 fully saturated rings. The van der Waals surface area contributed by atoms with E-state index in [4.69, 9.17) is 9.47 Å². The molecule has 0 aliphatic carbocycles. The maximum Gasteiger partial charge on any atom is 0.222 e. The normalized spacial score (nSPS) is 13.3. The number of rotatable bonds is 4. The van der Waals surface area contributed by atoms with Crippen LogP contribution >= 0.6 is 11.3 Å². The number of benzene rings is 2. The lowest BCUT2D eigenvalue weighted by atomic mass is 10.0. The van der Waals surface area contributed by atoms with E-state index in [2.05, 4.69) is 5.18 Å². The Labute approximate surface area is 168 Å². The number of aromatic nitrogens is 1. The Morgan fingerprint density at radius 1 is 1.28 bits per heavy atom. The highest BCUT2D eigenvalue weighted by atomic mass is 32.1. The molecule has 0 saturated carbocycles. The molecular weight excluding hydrogens is 395 g/mol. The third-order valence-electron chi connectivity index (χ3n) is 5.04. The zero-order chi connectivity index (χ0) is 20.0. The minimum atomic E-state index is -0.420. The molecule has 0 saturated heterocycles. The molecule has 6 nitrogen and oxygen atoms in total. The molecule has 0 radical (unpaired) electrons. The van der Waals surface area contributed by atoms with Gasteiger partial charge in [-0.05, 0) is 51.3 Å². The fourth-order valence-electron chi connectivity index (χ4n) is 3.82. The van der Waals surface area contributed by atoms with Crippen molar-refractivity contribution in [2.75, 3.05) is 6.79 Å². The van der Waals surface area contributed by atoms with Gasteiger partial charge in [0.15, 0.2) is 12.5 Å². The van der Waals surface area contributed by atoms with E-state index in [0.717, 1.165) is 11.1 Å². The molecule has 0 amide bonds. The SMILES string of the molecule is O=Nc1c(O)n(Cc2cc(F)cc3c2OCOC3)c2cccc(-c3ccsc3)c12. The summed E-state index contributed by atoms with van der Waals surface area (Å²) in [6.07, 6.45) is 0. The van der Waals surface area contributed by atoms with Gasteiger partial charge in [0, 0.05) is 16.5 Å². The number of fused-ring (bicyclic) bond motifs is 2. The summed E-state index contributed by atoms with van der Waals surface area (Å²) in [6, 6.07) is 10.2. The molecule has 29 heavy (non-hydrogen) atoms. The largest absolute Gasteiger partial charge is 0.493 e. The Balaban J connectivity index is 1.71.